The average Bonchev–Trinajstić information content (AvgIpc) is 2.69. The van der Waals surface area contributed by atoms with E-state index in [4.69, 9.17) is 0 Å². The van der Waals surface area contributed by atoms with E-state index < -0.39 is 17.1 Å². The third-order valence-corrected chi connectivity index (χ3v) is 3.18. The monoisotopic (exact) mass is 279 g/mol. The van der Waals surface area contributed by atoms with Crippen molar-refractivity contribution in [2.45, 2.75) is 0 Å². The van der Waals surface area contributed by atoms with Crippen molar-refractivity contribution in [3.05, 3.63) is 34.2 Å². The summed E-state index contributed by atoms with van der Waals surface area (Å²) in [6.07, 6.45) is 1.46. The second kappa shape index (κ2) is 5.15. The number of aromatic hydroxyl groups is 1. The molecule has 1 heterocycles. The number of methoxy groups -OCH3 is 1. The van der Waals surface area contributed by atoms with E-state index in [-0.39, 0.29) is 16.2 Å². The van der Waals surface area contributed by atoms with Crippen LogP contribution in [-0.4, -0.2) is 29.3 Å². The summed E-state index contributed by atoms with van der Waals surface area (Å²) in [6.45, 7) is 0. The lowest BCUT2D eigenvalue weighted by atomic mass is 10.1. The topological polar surface area (TPSA) is 92.7 Å². The van der Waals surface area contributed by atoms with Gasteiger partial charge in [0.1, 0.15) is 11.3 Å². The van der Waals surface area contributed by atoms with Crippen LogP contribution in [0.1, 0.15) is 15.9 Å². The van der Waals surface area contributed by atoms with Crippen LogP contribution in [0.15, 0.2) is 23.1 Å². The Kier molecular flexibility index (Phi) is 3.57. The van der Waals surface area contributed by atoms with Gasteiger partial charge in [-0.3, -0.25) is 14.9 Å². The first-order chi connectivity index (χ1) is 9.01. The molecule has 1 aliphatic rings. The molecule has 1 aromatic carbocycles. The van der Waals surface area contributed by atoms with E-state index >= 15 is 0 Å². The van der Waals surface area contributed by atoms with Crippen LogP contribution in [0.5, 0.6) is 5.75 Å². The zero-order valence-corrected chi connectivity index (χ0v) is 10.6. The highest BCUT2D eigenvalue weighted by molar-refractivity contribution is 8.18. The number of carbonyl (C=O) groups excluding carboxylic acids is 3. The highest BCUT2D eigenvalue weighted by Crippen LogP contribution is 2.27. The lowest BCUT2D eigenvalue weighted by Gasteiger charge is -2.03. The summed E-state index contributed by atoms with van der Waals surface area (Å²) in [7, 11) is 1.20. The minimum Gasteiger partial charge on any atom is -0.507 e. The van der Waals surface area contributed by atoms with Crippen LogP contribution in [0.25, 0.3) is 6.08 Å². The Morgan fingerprint density at radius 2 is 2.16 bits per heavy atom. The average molecular weight is 279 g/mol. The summed E-state index contributed by atoms with van der Waals surface area (Å²) < 4.78 is 4.52. The van der Waals surface area contributed by atoms with Gasteiger partial charge in [0.2, 0.25) is 0 Å². The fraction of sp³-hybridized carbons (Fsp3) is 0.0833. The molecule has 0 unspecified atom stereocenters. The Balaban J connectivity index is 2.37. The van der Waals surface area contributed by atoms with Gasteiger partial charge in [-0.2, -0.15) is 0 Å². The van der Waals surface area contributed by atoms with Crippen molar-refractivity contribution in [1.29, 1.82) is 0 Å². The number of phenols is 1. The van der Waals surface area contributed by atoms with Crippen LogP contribution in [0.2, 0.25) is 0 Å². The molecule has 0 bridgehead atoms. The quantitative estimate of drug-likeness (QED) is 0.629. The van der Waals surface area contributed by atoms with Gasteiger partial charge >= 0.3 is 5.97 Å². The molecule has 0 aromatic heterocycles. The number of hydrogen-bond acceptors (Lipinski definition) is 6. The van der Waals surface area contributed by atoms with Gasteiger partial charge in [0.15, 0.2) is 0 Å². The zero-order valence-electron chi connectivity index (χ0n) is 9.80. The van der Waals surface area contributed by atoms with Crippen molar-refractivity contribution >= 4 is 35.0 Å². The molecule has 7 heteroatoms. The minimum atomic E-state index is -0.683. The van der Waals surface area contributed by atoms with Crippen LogP contribution in [-0.2, 0) is 9.53 Å². The number of benzene rings is 1. The fourth-order valence-electron chi connectivity index (χ4n) is 1.49. The predicted molar refractivity (Wildman–Crippen MR) is 68.6 cm³/mol. The molecule has 98 valence electrons. The largest absolute Gasteiger partial charge is 0.507 e. The number of imide groups is 1. The molecule has 2 amide bonds. The summed E-state index contributed by atoms with van der Waals surface area (Å²) in [4.78, 5) is 34.0. The molecule has 2 N–H and O–H groups in total. The van der Waals surface area contributed by atoms with Crippen molar-refractivity contribution in [2.75, 3.05) is 7.11 Å². The van der Waals surface area contributed by atoms with Crippen LogP contribution in [0, 0.1) is 0 Å². The number of esters is 1. The Morgan fingerprint density at radius 3 is 2.74 bits per heavy atom. The Bertz CT molecular complexity index is 608. The molecule has 19 heavy (non-hydrogen) atoms. The SMILES string of the molecule is COC(=O)c1cc(/C=C2\SC(=O)NC2=O)ccc1O. The molecule has 0 saturated carbocycles. The van der Waals surface area contributed by atoms with E-state index in [0.717, 1.165) is 11.8 Å². The van der Waals surface area contributed by atoms with Gasteiger partial charge in [-0.15, -0.1) is 0 Å². The molecule has 1 aliphatic heterocycles. The highest BCUT2D eigenvalue weighted by atomic mass is 32.2. The predicted octanol–water partition coefficient (Wildman–Crippen LogP) is 1.50. The summed E-state index contributed by atoms with van der Waals surface area (Å²) in [5, 5.41) is 11.2. The molecular formula is C12H9NO5S. The van der Waals surface area contributed by atoms with E-state index in [1.165, 1.54) is 31.4 Å². The van der Waals surface area contributed by atoms with Gasteiger partial charge in [-0.05, 0) is 35.5 Å². The normalized spacial score (nSPS) is 16.6. The first-order valence-electron chi connectivity index (χ1n) is 5.17. The van der Waals surface area contributed by atoms with Crippen LogP contribution >= 0.6 is 11.8 Å². The first-order valence-corrected chi connectivity index (χ1v) is 5.99. The smallest absolute Gasteiger partial charge is 0.341 e. The molecule has 0 aliphatic carbocycles. The molecule has 1 fully saturated rings. The van der Waals surface area contributed by atoms with Gasteiger partial charge in [0.05, 0.1) is 12.0 Å². The fourth-order valence-corrected chi connectivity index (χ4v) is 2.17. The van der Waals surface area contributed by atoms with E-state index in [0.29, 0.717) is 5.56 Å². The first kappa shape index (κ1) is 13.2. The van der Waals surface area contributed by atoms with E-state index in [9.17, 15) is 19.5 Å². The molecular weight excluding hydrogens is 270 g/mol. The van der Waals surface area contributed by atoms with Crippen molar-refractivity contribution in [3.63, 3.8) is 0 Å². The lowest BCUT2D eigenvalue weighted by molar-refractivity contribution is -0.115. The van der Waals surface area contributed by atoms with Gasteiger partial charge in [0, 0.05) is 0 Å². The van der Waals surface area contributed by atoms with Gasteiger partial charge in [0.25, 0.3) is 11.1 Å². The minimum absolute atomic E-state index is 0.00779. The Labute approximate surface area is 112 Å². The van der Waals surface area contributed by atoms with Gasteiger partial charge in [-0.1, -0.05) is 6.07 Å². The van der Waals surface area contributed by atoms with Crippen LogP contribution in [0.4, 0.5) is 4.79 Å². The maximum absolute atomic E-state index is 11.4. The molecule has 1 aromatic rings. The van der Waals surface area contributed by atoms with Crippen molar-refractivity contribution in [2.24, 2.45) is 0 Å². The second-order valence-electron chi connectivity index (χ2n) is 3.62. The molecule has 1 saturated heterocycles. The number of amides is 2. The maximum Gasteiger partial charge on any atom is 0.341 e. The summed E-state index contributed by atoms with van der Waals surface area (Å²) in [5.74, 6) is -1.38. The third-order valence-electron chi connectivity index (χ3n) is 2.37. The molecule has 0 atom stereocenters. The second-order valence-corrected chi connectivity index (χ2v) is 4.64. The van der Waals surface area contributed by atoms with Gasteiger partial charge < -0.3 is 9.84 Å². The van der Waals surface area contributed by atoms with E-state index in [1.54, 1.807) is 0 Å². The Hall–Kier alpha value is -2.28. The summed E-state index contributed by atoms with van der Waals surface area (Å²) >= 11 is 0.776. The van der Waals surface area contributed by atoms with Crippen molar-refractivity contribution < 1.29 is 24.2 Å². The molecule has 6 nitrogen and oxygen atoms in total. The molecule has 0 spiro atoms. The maximum atomic E-state index is 11.4. The lowest BCUT2D eigenvalue weighted by Crippen LogP contribution is -2.17. The zero-order chi connectivity index (χ0) is 14.0. The third kappa shape index (κ3) is 2.76. The summed E-state index contributed by atoms with van der Waals surface area (Å²) in [5.41, 5.74) is 0.497. The number of thioether (sulfide) groups is 1. The number of rotatable bonds is 2. The number of nitrogens with one attached hydrogen (secondary N) is 1. The Morgan fingerprint density at radius 1 is 1.42 bits per heavy atom. The number of carbonyl (C=O) groups is 3. The highest BCUT2D eigenvalue weighted by Gasteiger charge is 2.25. The van der Waals surface area contributed by atoms with Crippen molar-refractivity contribution in [1.82, 2.24) is 5.32 Å². The number of ether oxygens (including phenoxy) is 1. The molecule has 2 rings (SSSR count). The van der Waals surface area contributed by atoms with Crippen LogP contribution in [0.3, 0.4) is 0 Å². The van der Waals surface area contributed by atoms with Gasteiger partial charge in [-0.25, -0.2) is 4.79 Å². The molecule has 0 radical (unpaired) electrons. The van der Waals surface area contributed by atoms with Crippen molar-refractivity contribution in [3.8, 4) is 5.75 Å². The number of phenolic OH excluding ortho intramolecular Hbond substituents is 1. The number of hydrogen-bond donors (Lipinski definition) is 2. The van der Waals surface area contributed by atoms with E-state index in [2.05, 4.69) is 10.1 Å². The van der Waals surface area contributed by atoms with Crippen LogP contribution < -0.4 is 5.32 Å². The van der Waals surface area contributed by atoms with E-state index in [1.807, 2.05) is 0 Å². The summed E-state index contributed by atoms with van der Waals surface area (Å²) in [6, 6.07) is 4.22. The standard InChI is InChI=1S/C12H9NO5S/c1-18-11(16)7-4-6(2-3-8(7)14)5-9-10(15)13-12(17)19-9/h2-5,14H,1H3,(H,13,15,17)/b9-5-.